The highest BCUT2D eigenvalue weighted by atomic mass is 35.5. The first-order valence-electron chi connectivity index (χ1n) is 8.05. The number of carbonyl (C=O) groups is 1. The van der Waals surface area contributed by atoms with Crippen LogP contribution in [0.2, 0.25) is 5.02 Å². The van der Waals surface area contributed by atoms with Gasteiger partial charge >= 0.3 is 6.18 Å². The molecule has 0 fully saturated rings. The van der Waals surface area contributed by atoms with Crippen LogP contribution in [-0.4, -0.2) is 10.9 Å². The summed E-state index contributed by atoms with van der Waals surface area (Å²) >= 11 is 8.18. The quantitative estimate of drug-likeness (QED) is 0.408. The van der Waals surface area contributed by atoms with Crippen molar-refractivity contribution in [2.45, 2.75) is 23.7 Å². The van der Waals surface area contributed by atoms with Gasteiger partial charge in [0.1, 0.15) is 0 Å². The number of thiazole rings is 1. The standard InChI is InChI=1S/C19H14ClF3N2OS2/c1-12(26)25(14-5-3-2-4-6-14)18-24-13(11-28-18)10-27-15-7-8-17(20)16(9-15)19(21,22)23/h2-9,11H,10H2,1H3. The summed E-state index contributed by atoms with van der Waals surface area (Å²) in [5.41, 5.74) is 0.525. The number of para-hydroxylation sites is 1. The lowest BCUT2D eigenvalue weighted by atomic mass is 10.2. The van der Waals surface area contributed by atoms with Gasteiger partial charge in [0.2, 0.25) is 5.91 Å². The van der Waals surface area contributed by atoms with E-state index < -0.39 is 11.7 Å². The van der Waals surface area contributed by atoms with Crippen molar-refractivity contribution < 1.29 is 18.0 Å². The van der Waals surface area contributed by atoms with E-state index in [0.29, 0.717) is 27.2 Å². The van der Waals surface area contributed by atoms with Crippen molar-refractivity contribution in [1.82, 2.24) is 4.98 Å². The van der Waals surface area contributed by atoms with E-state index in [4.69, 9.17) is 11.6 Å². The van der Waals surface area contributed by atoms with Gasteiger partial charge in [0.05, 0.1) is 22.0 Å². The summed E-state index contributed by atoms with van der Waals surface area (Å²) in [6, 6.07) is 12.9. The Balaban J connectivity index is 1.76. The highest BCUT2D eigenvalue weighted by Crippen LogP contribution is 2.38. The molecule has 0 spiro atoms. The molecular formula is C19H14ClF3N2OS2. The maximum atomic E-state index is 13.0. The number of halogens is 4. The molecular weight excluding hydrogens is 429 g/mol. The molecule has 146 valence electrons. The monoisotopic (exact) mass is 442 g/mol. The number of benzene rings is 2. The first-order chi connectivity index (χ1) is 13.3. The predicted molar refractivity (Wildman–Crippen MR) is 107 cm³/mol. The van der Waals surface area contributed by atoms with Crippen molar-refractivity contribution in [3.8, 4) is 0 Å². The van der Waals surface area contributed by atoms with E-state index in [0.717, 1.165) is 6.07 Å². The summed E-state index contributed by atoms with van der Waals surface area (Å²) in [5.74, 6) is 0.197. The zero-order chi connectivity index (χ0) is 20.3. The van der Waals surface area contributed by atoms with Gasteiger partial charge in [-0.1, -0.05) is 29.8 Å². The van der Waals surface area contributed by atoms with E-state index in [1.165, 1.54) is 41.0 Å². The van der Waals surface area contributed by atoms with E-state index in [2.05, 4.69) is 4.98 Å². The van der Waals surface area contributed by atoms with Gasteiger partial charge in [-0.25, -0.2) is 4.98 Å². The fourth-order valence-electron chi connectivity index (χ4n) is 2.44. The number of alkyl halides is 3. The Bertz CT molecular complexity index is 977. The van der Waals surface area contributed by atoms with Crippen molar-refractivity contribution >= 4 is 51.4 Å². The first kappa shape index (κ1) is 20.7. The van der Waals surface area contributed by atoms with Crippen molar-refractivity contribution in [3.63, 3.8) is 0 Å². The Morgan fingerprint density at radius 3 is 2.57 bits per heavy atom. The number of aromatic nitrogens is 1. The van der Waals surface area contributed by atoms with Crippen LogP contribution in [0.15, 0.2) is 58.8 Å². The highest BCUT2D eigenvalue weighted by molar-refractivity contribution is 7.98. The molecule has 28 heavy (non-hydrogen) atoms. The first-order valence-corrected chi connectivity index (χ1v) is 10.3. The largest absolute Gasteiger partial charge is 0.417 e. The van der Waals surface area contributed by atoms with Crippen LogP contribution < -0.4 is 4.90 Å². The fraction of sp³-hybridized carbons (Fsp3) is 0.158. The Hall–Kier alpha value is -2.03. The summed E-state index contributed by atoms with van der Waals surface area (Å²) in [5, 5.41) is 1.98. The molecule has 0 aliphatic carbocycles. The van der Waals surface area contributed by atoms with Gasteiger partial charge in [0, 0.05) is 23.0 Å². The van der Waals surface area contributed by atoms with Crippen molar-refractivity contribution in [2.75, 3.05) is 4.90 Å². The molecule has 0 aliphatic rings. The average molecular weight is 443 g/mol. The Morgan fingerprint density at radius 2 is 1.93 bits per heavy atom. The van der Waals surface area contributed by atoms with E-state index in [-0.39, 0.29) is 10.9 Å². The van der Waals surface area contributed by atoms with E-state index in [1.54, 1.807) is 11.4 Å². The number of anilines is 2. The van der Waals surface area contributed by atoms with Crippen molar-refractivity contribution in [3.05, 3.63) is 70.2 Å². The molecule has 3 aromatic rings. The topological polar surface area (TPSA) is 33.2 Å². The second kappa shape index (κ2) is 8.55. The number of amides is 1. The summed E-state index contributed by atoms with van der Waals surface area (Å²) in [7, 11) is 0. The molecule has 1 amide bonds. The highest BCUT2D eigenvalue weighted by Gasteiger charge is 2.33. The van der Waals surface area contributed by atoms with Gasteiger partial charge in [-0.2, -0.15) is 13.2 Å². The third-order valence-corrected chi connectivity index (χ3v) is 5.92. The number of hydrogen-bond donors (Lipinski definition) is 0. The molecule has 0 saturated carbocycles. The van der Waals surface area contributed by atoms with E-state index in [1.807, 2.05) is 30.3 Å². The van der Waals surface area contributed by atoms with E-state index in [9.17, 15) is 18.0 Å². The molecule has 3 rings (SSSR count). The van der Waals surface area contributed by atoms with Crippen LogP contribution in [0.3, 0.4) is 0 Å². The van der Waals surface area contributed by atoms with Crippen LogP contribution >= 0.6 is 34.7 Å². The number of carbonyl (C=O) groups excluding carboxylic acids is 1. The molecule has 1 aromatic heterocycles. The molecule has 0 bridgehead atoms. The van der Waals surface area contributed by atoms with Crippen LogP contribution in [0.4, 0.5) is 24.0 Å². The fourth-order valence-corrected chi connectivity index (χ4v) is 4.48. The van der Waals surface area contributed by atoms with Gasteiger partial charge in [-0.15, -0.1) is 23.1 Å². The molecule has 1 heterocycles. The molecule has 0 N–H and O–H groups in total. The number of hydrogen-bond acceptors (Lipinski definition) is 4. The molecule has 0 aliphatic heterocycles. The summed E-state index contributed by atoms with van der Waals surface area (Å²) in [4.78, 5) is 18.5. The zero-order valence-electron chi connectivity index (χ0n) is 14.5. The van der Waals surface area contributed by atoms with Gasteiger partial charge in [-0.05, 0) is 30.3 Å². The van der Waals surface area contributed by atoms with Crippen LogP contribution in [0.5, 0.6) is 0 Å². The SMILES string of the molecule is CC(=O)N(c1ccccc1)c1nc(CSc2ccc(Cl)c(C(F)(F)F)c2)cs1. The molecule has 3 nitrogen and oxygen atoms in total. The third-order valence-electron chi connectivity index (χ3n) is 3.69. The minimum atomic E-state index is -4.50. The zero-order valence-corrected chi connectivity index (χ0v) is 16.9. The average Bonchev–Trinajstić information content (AvgIpc) is 3.09. The van der Waals surface area contributed by atoms with E-state index >= 15 is 0 Å². The third kappa shape index (κ3) is 4.87. The summed E-state index contributed by atoms with van der Waals surface area (Å²) in [6.07, 6.45) is -4.50. The molecule has 9 heteroatoms. The number of thioether (sulfide) groups is 1. The maximum absolute atomic E-state index is 13.0. The second-order valence-electron chi connectivity index (χ2n) is 5.74. The molecule has 0 atom stereocenters. The van der Waals surface area contributed by atoms with Gasteiger partial charge in [0.25, 0.3) is 0 Å². The minimum Gasteiger partial charge on any atom is -0.274 e. The maximum Gasteiger partial charge on any atom is 0.417 e. The van der Waals surface area contributed by atoms with Crippen molar-refractivity contribution in [1.29, 1.82) is 0 Å². The summed E-state index contributed by atoms with van der Waals surface area (Å²) < 4.78 is 38.9. The Morgan fingerprint density at radius 1 is 1.21 bits per heavy atom. The van der Waals surface area contributed by atoms with Crippen LogP contribution in [0.1, 0.15) is 18.2 Å². The lowest BCUT2D eigenvalue weighted by Crippen LogP contribution is -2.22. The lowest BCUT2D eigenvalue weighted by molar-refractivity contribution is -0.137. The predicted octanol–water partition coefficient (Wildman–Crippen LogP) is 6.79. The Kier molecular flexibility index (Phi) is 6.32. The van der Waals surface area contributed by atoms with Crippen LogP contribution in [0, 0.1) is 0 Å². The van der Waals surface area contributed by atoms with Crippen LogP contribution in [-0.2, 0) is 16.7 Å². The van der Waals surface area contributed by atoms with Gasteiger partial charge in [-0.3, -0.25) is 9.69 Å². The number of nitrogens with zero attached hydrogens (tertiary/aromatic N) is 2. The van der Waals surface area contributed by atoms with Crippen LogP contribution in [0.25, 0.3) is 0 Å². The second-order valence-corrected chi connectivity index (χ2v) is 8.03. The molecule has 0 unspecified atom stereocenters. The lowest BCUT2D eigenvalue weighted by Gasteiger charge is -2.17. The normalized spacial score (nSPS) is 11.5. The van der Waals surface area contributed by atoms with Crippen molar-refractivity contribution in [2.24, 2.45) is 0 Å². The van der Waals surface area contributed by atoms with Gasteiger partial charge in [0.15, 0.2) is 5.13 Å². The minimum absolute atomic E-state index is 0.174. The smallest absolute Gasteiger partial charge is 0.274 e. The Labute approximate surface area is 173 Å². The van der Waals surface area contributed by atoms with Gasteiger partial charge < -0.3 is 0 Å². The molecule has 0 radical (unpaired) electrons. The molecule has 0 saturated heterocycles. The molecule has 2 aromatic carbocycles. The summed E-state index contributed by atoms with van der Waals surface area (Å²) in [6.45, 7) is 1.45. The number of rotatable bonds is 5.